The fraction of sp³-hybridized carbons (Fsp3) is 0.300. The van der Waals surface area contributed by atoms with Gasteiger partial charge in [0.05, 0.1) is 0 Å². The van der Waals surface area contributed by atoms with Gasteiger partial charge in [-0.15, -0.1) is 0 Å². The topological polar surface area (TPSA) is 58.6 Å². The number of benzene rings is 2. The molecule has 1 N–H and O–H groups in total. The van der Waals surface area contributed by atoms with Gasteiger partial charge in [-0.25, -0.2) is 0 Å². The van der Waals surface area contributed by atoms with Crippen LogP contribution in [0.5, 0.6) is 5.75 Å². The number of carbonyl (C=O) groups excluding carboxylic acids is 2. The van der Waals surface area contributed by atoms with Gasteiger partial charge in [-0.2, -0.15) is 0 Å². The van der Waals surface area contributed by atoms with Crippen molar-refractivity contribution < 1.29 is 14.3 Å². The zero-order chi connectivity index (χ0) is 18.4. The standard InChI is InChI=1S/C20H24N2O3/c1-14-5-10-18(15(2)11-14)25-13-19(23)22(4)12-16-6-8-17(9-7-16)20(24)21-3/h5-11H,12-13H2,1-4H3,(H,21,24). The smallest absolute Gasteiger partial charge is 0.260 e. The largest absolute Gasteiger partial charge is 0.484 e. The highest BCUT2D eigenvalue weighted by molar-refractivity contribution is 5.93. The molecule has 0 heterocycles. The van der Waals surface area contributed by atoms with Gasteiger partial charge < -0.3 is 15.0 Å². The predicted molar refractivity (Wildman–Crippen MR) is 97.7 cm³/mol. The minimum Gasteiger partial charge on any atom is -0.484 e. The molecule has 0 atom stereocenters. The van der Waals surface area contributed by atoms with Crippen molar-refractivity contribution in [3.8, 4) is 5.75 Å². The maximum Gasteiger partial charge on any atom is 0.260 e. The van der Waals surface area contributed by atoms with E-state index in [2.05, 4.69) is 5.32 Å². The lowest BCUT2D eigenvalue weighted by Gasteiger charge is -2.18. The van der Waals surface area contributed by atoms with Crippen LogP contribution in [0.1, 0.15) is 27.0 Å². The monoisotopic (exact) mass is 340 g/mol. The Hall–Kier alpha value is -2.82. The van der Waals surface area contributed by atoms with E-state index in [-0.39, 0.29) is 18.4 Å². The first kappa shape index (κ1) is 18.5. The van der Waals surface area contributed by atoms with Gasteiger partial charge in [-0.05, 0) is 43.2 Å². The zero-order valence-electron chi connectivity index (χ0n) is 15.1. The number of rotatable bonds is 6. The molecule has 0 spiro atoms. The molecule has 0 saturated carbocycles. The highest BCUT2D eigenvalue weighted by Crippen LogP contribution is 2.18. The van der Waals surface area contributed by atoms with Crippen molar-refractivity contribution in [3.05, 3.63) is 64.7 Å². The molecule has 0 aliphatic carbocycles. The highest BCUT2D eigenvalue weighted by Gasteiger charge is 2.12. The summed E-state index contributed by atoms with van der Waals surface area (Å²) in [5.74, 6) is 0.496. The van der Waals surface area contributed by atoms with Gasteiger partial charge in [0.1, 0.15) is 5.75 Å². The Morgan fingerprint density at radius 3 is 2.36 bits per heavy atom. The molecule has 2 rings (SSSR count). The number of aryl methyl sites for hydroxylation is 2. The van der Waals surface area contributed by atoms with Gasteiger partial charge in [0.25, 0.3) is 11.8 Å². The van der Waals surface area contributed by atoms with Crippen LogP contribution in [-0.4, -0.2) is 37.4 Å². The van der Waals surface area contributed by atoms with E-state index in [9.17, 15) is 9.59 Å². The summed E-state index contributed by atoms with van der Waals surface area (Å²) in [4.78, 5) is 25.4. The fourth-order valence-corrected chi connectivity index (χ4v) is 2.48. The van der Waals surface area contributed by atoms with E-state index in [1.165, 1.54) is 0 Å². The molecule has 0 fully saturated rings. The van der Waals surface area contributed by atoms with E-state index in [4.69, 9.17) is 4.74 Å². The molecule has 0 bridgehead atoms. The Morgan fingerprint density at radius 1 is 1.08 bits per heavy atom. The zero-order valence-corrected chi connectivity index (χ0v) is 15.1. The van der Waals surface area contributed by atoms with Crippen molar-refractivity contribution in [3.63, 3.8) is 0 Å². The fourth-order valence-electron chi connectivity index (χ4n) is 2.48. The molecule has 0 aromatic heterocycles. The number of carbonyl (C=O) groups is 2. The van der Waals surface area contributed by atoms with Gasteiger partial charge in [-0.3, -0.25) is 9.59 Å². The second-order valence-corrected chi connectivity index (χ2v) is 6.08. The van der Waals surface area contributed by atoms with E-state index in [0.29, 0.717) is 12.1 Å². The summed E-state index contributed by atoms with van der Waals surface area (Å²) in [6.07, 6.45) is 0. The van der Waals surface area contributed by atoms with Crippen molar-refractivity contribution >= 4 is 11.8 Å². The lowest BCUT2D eigenvalue weighted by Crippen LogP contribution is -2.31. The SMILES string of the molecule is CNC(=O)c1ccc(CN(C)C(=O)COc2ccc(C)cc2C)cc1. The van der Waals surface area contributed by atoms with Crippen LogP contribution in [0.25, 0.3) is 0 Å². The molecule has 0 unspecified atom stereocenters. The summed E-state index contributed by atoms with van der Waals surface area (Å²) in [6.45, 7) is 4.44. The molecule has 0 saturated heterocycles. The van der Waals surface area contributed by atoms with E-state index in [1.807, 2.05) is 44.2 Å². The molecule has 2 aromatic carbocycles. The van der Waals surface area contributed by atoms with Crippen LogP contribution < -0.4 is 10.1 Å². The third-order valence-electron chi connectivity index (χ3n) is 3.97. The second kappa shape index (κ2) is 8.33. The van der Waals surface area contributed by atoms with Gasteiger partial charge in [0.15, 0.2) is 6.61 Å². The highest BCUT2D eigenvalue weighted by atomic mass is 16.5. The summed E-state index contributed by atoms with van der Waals surface area (Å²) in [7, 11) is 3.33. The maximum atomic E-state index is 12.3. The van der Waals surface area contributed by atoms with Gasteiger partial charge in [0, 0.05) is 26.2 Å². The van der Waals surface area contributed by atoms with Crippen LogP contribution in [0.3, 0.4) is 0 Å². The molecule has 2 aromatic rings. The van der Waals surface area contributed by atoms with E-state index >= 15 is 0 Å². The quantitative estimate of drug-likeness (QED) is 0.879. The lowest BCUT2D eigenvalue weighted by atomic mass is 10.1. The van der Waals surface area contributed by atoms with Crippen molar-refractivity contribution in [2.45, 2.75) is 20.4 Å². The molecule has 0 aliphatic heterocycles. The van der Waals surface area contributed by atoms with Gasteiger partial charge in [-0.1, -0.05) is 29.8 Å². The molecule has 5 heteroatoms. The summed E-state index contributed by atoms with van der Waals surface area (Å²) in [5.41, 5.74) is 3.72. The number of nitrogens with one attached hydrogen (secondary N) is 1. The van der Waals surface area contributed by atoms with Gasteiger partial charge in [0.2, 0.25) is 0 Å². The third-order valence-corrected chi connectivity index (χ3v) is 3.97. The van der Waals surface area contributed by atoms with Crippen LogP contribution in [0.2, 0.25) is 0 Å². The Morgan fingerprint density at radius 2 is 1.76 bits per heavy atom. The first-order valence-electron chi connectivity index (χ1n) is 8.15. The average molecular weight is 340 g/mol. The Kier molecular flexibility index (Phi) is 6.17. The van der Waals surface area contributed by atoms with Crippen molar-refractivity contribution in [2.75, 3.05) is 20.7 Å². The van der Waals surface area contributed by atoms with Gasteiger partial charge >= 0.3 is 0 Å². The van der Waals surface area contributed by atoms with E-state index in [0.717, 1.165) is 22.4 Å². The molecule has 132 valence electrons. The van der Waals surface area contributed by atoms with E-state index in [1.54, 1.807) is 31.1 Å². The summed E-state index contributed by atoms with van der Waals surface area (Å²) < 4.78 is 5.63. The van der Waals surface area contributed by atoms with Crippen LogP contribution in [0.15, 0.2) is 42.5 Å². The molecule has 5 nitrogen and oxygen atoms in total. The molecule has 25 heavy (non-hydrogen) atoms. The molecular formula is C20H24N2O3. The number of hydrogen-bond donors (Lipinski definition) is 1. The molecule has 0 aliphatic rings. The number of nitrogens with zero attached hydrogens (tertiary/aromatic N) is 1. The third kappa shape index (κ3) is 5.08. The van der Waals surface area contributed by atoms with Crippen LogP contribution in [-0.2, 0) is 11.3 Å². The number of likely N-dealkylation sites (N-methyl/N-ethyl adjacent to an activating group) is 1. The minimum atomic E-state index is -0.127. The Bertz CT molecular complexity index is 754. The molecule has 2 amide bonds. The predicted octanol–water partition coefficient (Wildman–Crippen LogP) is 2.70. The average Bonchev–Trinajstić information content (AvgIpc) is 2.60. The first-order chi connectivity index (χ1) is 11.9. The number of hydrogen-bond acceptors (Lipinski definition) is 3. The van der Waals surface area contributed by atoms with Crippen molar-refractivity contribution in [2.24, 2.45) is 0 Å². The Labute approximate surface area is 148 Å². The number of amides is 2. The first-order valence-corrected chi connectivity index (χ1v) is 8.15. The van der Waals surface area contributed by atoms with Crippen molar-refractivity contribution in [1.29, 1.82) is 0 Å². The van der Waals surface area contributed by atoms with E-state index < -0.39 is 0 Å². The Balaban J connectivity index is 1.90. The van der Waals surface area contributed by atoms with Crippen LogP contribution in [0.4, 0.5) is 0 Å². The normalized spacial score (nSPS) is 10.2. The molecule has 0 radical (unpaired) electrons. The minimum absolute atomic E-state index is 0.00325. The maximum absolute atomic E-state index is 12.3. The summed E-state index contributed by atoms with van der Waals surface area (Å²) in [6, 6.07) is 13.1. The number of ether oxygens (including phenoxy) is 1. The lowest BCUT2D eigenvalue weighted by molar-refractivity contribution is -0.132. The summed E-state index contributed by atoms with van der Waals surface area (Å²) in [5, 5.41) is 2.58. The van der Waals surface area contributed by atoms with Crippen LogP contribution >= 0.6 is 0 Å². The van der Waals surface area contributed by atoms with Crippen LogP contribution in [0, 0.1) is 13.8 Å². The van der Waals surface area contributed by atoms with Crippen molar-refractivity contribution in [1.82, 2.24) is 10.2 Å². The second-order valence-electron chi connectivity index (χ2n) is 6.08. The molecular weight excluding hydrogens is 316 g/mol. The summed E-state index contributed by atoms with van der Waals surface area (Å²) >= 11 is 0.